The van der Waals surface area contributed by atoms with Crippen LogP contribution in [0, 0.1) is 6.92 Å². The van der Waals surface area contributed by atoms with Gasteiger partial charge in [0, 0.05) is 6.42 Å². The molecule has 0 bridgehead atoms. The Labute approximate surface area is 161 Å². The second-order valence-electron chi connectivity index (χ2n) is 5.82. The summed E-state index contributed by atoms with van der Waals surface area (Å²) in [5.41, 5.74) is 10.8. The van der Waals surface area contributed by atoms with Crippen molar-refractivity contribution in [1.29, 1.82) is 0 Å². The molecule has 0 unspecified atom stereocenters. The molecule has 7 heteroatoms. The van der Waals surface area contributed by atoms with E-state index in [0.29, 0.717) is 22.3 Å². The molecule has 0 fully saturated rings. The summed E-state index contributed by atoms with van der Waals surface area (Å²) in [7, 11) is 0. The fourth-order valence-corrected chi connectivity index (χ4v) is 3.18. The van der Waals surface area contributed by atoms with E-state index >= 15 is 0 Å². The predicted octanol–water partition coefficient (Wildman–Crippen LogP) is 3.42. The molecule has 3 aromatic rings. The molecule has 1 amide bonds. The Hall–Kier alpha value is -3.19. The number of carbonyl (C=O) groups excluding carboxylic acids is 1. The number of ether oxygens (including phenoxy) is 1. The summed E-state index contributed by atoms with van der Waals surface area (Å²) in [6.45, 7) is 2.33. The Morgan fingerprint density at radius 3 is 2.81 bits per heavy atom. The van der Waals surface area contributed by atoms with E-state index in [4.69, 9.17) is 10.5 Å². The largest absolute Gasteiger partial charge is 0.493 e. The number of rotatable bonds is 7. The van der Waals surface area contributed by atoms with Crippen molar-refractivity contribution in [3.8, 4) is 5.75 Å². The van der Waals surface area contributed by atoms with Gasteiger partial charge in [0.15, 0.2) is 5.13 Å². The summed E-state index contributed by atoms with van der Waals surface area (Å²) in [5, 5.41) is 4.36. The highest BCUT2D eigenvalue weighted by Gasteiger charge is 2.13. The van der Waals surface area contributed by atoms with Crippen LogP contribution in [0.5, 0.6) is 5.75 Å². The van der Waals surface area contributed by atoms with Crippen LogP contribution in [0.15, 0.2) is 59.7 Å². The lowest BCUT2D eigenvalue weighted by Gasteiger charge is -2.07. The molecule has 6 nitrogen and oxygen atoms in total. The third-order valence-electron chi connectivity index (χ3n) is 3.76. The third kappa shape index (κ3) is 5.39. The topological polar surface area (TPSA) is 89.6 Å². The van der Waals surface area contributed by atoms with Crippen LogP contribution >= 0.6 is 11.3 Å². The molecular weight excluding hydrogens is 360 g/mol. The number of nitrogens with two attached hydrogens (primary N) is 1. The molecule has 138 valence electrons. The highest BCUT2D eigenvalue weighted by Crippen LogP contribution is 2.19. The Bertz CT molecular complexity index is 938. The first kappa shape index (κ1) is 18.6. The van der Waals surface area contributed by atoms with Crippen molar-refractivity contribution in [2.45, 2.75) is 13.3 Å². The van der Waals surface area contributed by atoms with Gasteiger partial charge in [-0.25, -0.2) is 10.4 Å². The number of nitrogen functional groups attached to an aromatic ring is 1. The smallest absolute Gasteiger partial charge is 0.283 e. The van der Waals surface area contributed by atoms with Crippen molar-refractivity contribution >= 4 is 28.6 Å². The van der Waals surface area contributed by atoms with Crippen LogP contribution in [0.4, 0.5) is 5.13 Å². The second-order valence-corrected chi connectivity index (χ2v) is 6.85. The first-order valence-corrected chi connectivity index (χ1v) is 9.26. The van der Waals surface area contributed by atoms with E-state index in [1.165, 1.54) is 5.56 Å². The molecule has 3 N–H and O–H groups in total. The van der Waals surface area contributed by atoms with E-state index in [1.807, 2.05) is 42.5 Å². The molecule has 3 rings (SSSR count). The number of benzene rings is 2. The van der Waals surface area contributed by atoms with Gasteiger partial charge in [-0.05, 0) is 30.2 Å². The normalized spacial score (nSPS) is 10.9. The molecule has 1 heterocycles. The van der Waals surface area contributed by atoms with Crippen molar-refractivity contribution in [3.05, 3.63) is 76.3 Å². The minimum Gasteiger partial charge on any atom is -0.493 e. The van der Waals surface area contributed by atoms with Gasteiger partial charge in [0.05, 0.1) is 18.5 Å². The van der Waals surface area contributed by atoms with Crippen LogP contribution in [0.1, 0.15) is 26.5 Å². The van der Waals surface area contributed by atoms with Crippen LogP contribution in [0.2, 0.25) is 0 Å². The second kappa shape index (κ2) is 8.95. The minimum absolute atomic E-state index is 0.326. The summed E-state index contributed by atoms with van der Waals surface area (Å²) >= 11 is 1.14. The maximum Gasteiger partial charge on any atom is 0.283 e. The molecule has 0 saturated heterocycles. The quantitative estimate of drug-likeness (QED) is 0.485. The number of nitrogens with zero attached hydrogens (tertiary/aromatic N) is 2. The van der Waals surface area contributed by atoms with E-state index in [2.05, 4.69) is 27.6 Å². The zero-order valence-corrected chi connectivity index (χ0v) is 15.7. The third-order valence-corrected chi connectivity index (χ3v) is 4.74. The summed E-state index contributed by atoms with van der Waals surface area (Å²) in [4.78, 5) is 16.6. The fourth-order valence-electron chi connectivity index (χ4n) is 2.46. The van der Waals surface area contributed by atoms with E-state index < -0.39 is 0 Å². The van der Waals surface area contributed by atoms with E-state index in [0.717, 1.165) is 29.1 Å². The molecule has 27 heavy (non-hydrogen) atoms. The van der Waals surface area contributed by atoms with Gasteiger partial charge in [-0.2, -0.15) is 5.10 Å². The van der Waals surface area contributed by atoms with E-state index in [-0.39, 0.29) is 5.91 Å². The lowest BCUT2D eigenvalue weighted by molar-refractivity contribution is 0.0958. The highest BCUT2D eigenvalue weighted by molar-refractivity contribution is 7.17. The average Bonchev–Trinajstić information content (AvgIpc) is 3.01. The van der Waals surface area contributed by atoms with Gasteiger partial charge in [-0.1, -0.05) is 53.8 Å². The van der Waals surface area contributed by atoms with Crippen molar-refractivity contribution in [2.24, 2.45) is 5.10 Å². The lowest BCUT2D eigenvalue weighted by Crippen LogP contribution is -2.17. The Morgan fingerprint density at radius 1 is 1.26 bits per heavy atom. The number of aromatic nitrogens is 1. The van der Waals surface area contributed by atoms with Gasteiger partial charge in [0.2, 0.25) is 0 Å². The van der Waals surface area contributed by atoms with Crippen molar-refractivity contribution < 1.29 is 9.53 Å². The highest BCUT2D eigenvalue weighted by atomic mass is 32.1. The van der Waals surface area contributed by atoms with Crippen LogP contribution in [-0.2, 0) is 6.42 Å². The maximum atomic E-state index is 12.1. The number of thiazole rings is 1. The van der Waals surface area contributed by atoms with Gasteiger partial charge < -0.3 is 10.5 Å². The number of aryl methyl sites for hydroxylation is 1. The number of carbonyl (C=O) groups is 1. The van der Waals surface area contributed by atoms with Crippen LogP contribution < -0.4 is 15.9 Å². The minimum atomic E-state index is -0.326. The first-order chi connectivity index (χ1) is 13.1. The Kier molecular flexibility index (Phi) is 6.17. The molecule has 0 aliphatic carbocycles. The zero-order chi connectivity index (χ0) is 19.1. The number of anilines is 1. The molecule has 0 aliphatic heterocycles. The Balaban J connectivity index is 1.53. The molecule has 2 aromatic carbocycles. The van der Waals surface area contributed by atoms with Crippen molar-refractivity contribution in [1.82, 2.24) is 10.4 Å². The van der Waals surface area contributed by atoms with Gasteiger partial charge in [-0.15, -0.1) is 0 Å². The van der Waals surface area contributed by atoms with Crippen molar-refractivity contribution in [3.63, 3.8) is 0 Å². The molecule has 0 spiro atoms. The van der Waals surface area contributed by atoms with Crippen LogP contribution in [0.25, 0.3) is 0 Å². The van der Waals surface area contributed by atoms with E-state index in [9.17, 15) is 4.79 Å². The molecular formula is C20H20N4O2S. The Morgan fingerprint density at radius 2 is 2.07 bits per heavy atom. The van der Waals surface area contributed by atoms with E-state index in [1.54, 1.807) is 13.1 Å². The molecule has 0 atom stereocenters. The number of hydrogen-bond acceptors (Lipinski definition) is 6. The average molecular weight is 380 g/mol. The lowest BCUT2D eigenvalue weighted by atomic mass is 10.2. The molecule has 0 saturated carbocycles. The number of hydrazone groups is 1. The fraction of sp³-hybridized carbons (Fsp3) is 0.150. The van der Waals surface area contributed by atoms with Gasteiger partial charge in [-0.3, -0.25) is 4.79 Å². The summed E-state index contributed by atoms with van der Waals surface area (Å²) in [5.74, 6) is 0.431. The van der Waals surface area contributed by atoms with Crippen molar-refractivity contribution in [2.75, 3.05) is 12.3 Å². The molecule has 0 radical (unpaired) electrons. The van der Waals surface area contributed by atoms with Gasteiger partial charge >= 0.3 is 0 Å². The molecule has 1 aromatic heterocycles. The van der Waals surface area contributed by atoms with Gasteiger partial charge in [0.1, 0.15) is 10.6 Å². The van der Waals surface area contributed by atoms with Gasteiger partial charge in [0.25, 0.3) is 5.91 Å². The summed E-state index contributed by atoms with van der Waals surface area (Å²) in [6, 6.07) is 17.7. The SMILES string of the molecule is Cc1nc(N)sc1C(=O)N/N=C\c1cccc(OCCc2ccccc2)c1. The monoisotopic (exact) mass is 380 g/mol. The number of amides is 1. The van der Waals surface area contributed by atoms with Crippen LogP contribution in [0.3, 0.4) is 0 Å². The van der Waals surface area contributed by atoms with Crippen LogP contribution in [-0.4, -0.2) is 23.7 Å². The predicted molar refractivity (Wildman–Crippen MR) is 108 cm³/mol. The number of hydrogen-bond donors (Lipinski definition) is 2. The number of nitrogens with one attached hydrogen (secondary N) is 1. The summed E-state index contributed by atoms with van der Waals surface area (Å²) in [6.07, 6.45) is 2.41. The maximum absolute atomic E-state index is 12.1. The molecule has 0 aliphatic rings. The first-order valence-electron chi connectivity index (χ1n) is 8.45. The summed E-state index contributed by atoms with van der Waals surface area (Å²) < 4.78 is 5.80. The zero-order valence-electron chi connectivity index (χ0n) is 14.9. The standard InChI is InChI=1S/C20H20N4O2S/c1-14-18(27-20(21)23-14)19(25)24-22-13-16-8-5-9-17(12-16)26-11-10-15-6-3-2-4-7-15/h2-9,12-13H,10-11H2,1H3,(H2,21,23)(H,24,25)/b22-13-.